The summed E-state index contributed by atoms with van der Waals surface area (Å²) in [6.07, 6.45) is 8.46. The normalized spacial score (nSPS) is 18.6. The van der Waals surface area contributed by atoms with E-state index in [-0.39, 0.29) is 10.8 Å². The van der Waals surface area contributed by atoms with E-state index in [4.69, 9.17) is 0 Å². The van der Waals surface area contributed by atoms with Gasteiger partial charge in [0.25, 0.3) is 0 Å². The van der Waals surface area contributed by atoms with Crippen molar-refractivity contribution in [1.29, 1.82) is 0 Å². The first kappa shape index (κ1) is 21.2. The van der Waals surface area contributed by atoms with E-state index in [2.05, 4.69) is 24.0 Å². The maximum atomic E-state index is 12.9. The lowest BCUT2D eigenvalue weighted by Gasteiger charge is -2.44. The fourth-order valence-electron chi connectivity index (χ4n) is 4.37. The lowest BCUT2D eigenvalue weighted by Crippen LogP contribution is -2.53. The molecular formula is C23H34N2O2S. The lowest BCUT2D eigenvalue weighted by molar-refractivity contribution is -0.137. The second-order valence-corrected chi connectivity index (χ2v) is 9.47. The first-order valence-electron chi connectivity index (χ1n) is 10.9. The fraction of sp³-hybridized carbons (Fsp3) is 0.652. The number of likely N-dealkylation sites (tertiary alicyclic amines) is 1. The van der Waals surface area contributed by atoms with Gasteiger partial charge in [-0.15, -0.1) is 11.8 Å². The summed E-state index contributed by atoms with van der Waals surface area (Å²) in [6, 6.07) is 10.2. The van der Waals surface area contributed by atoms with Gasteiger partial charge in [-0.3, -0.25) is 9.59 Å². The molecule has 3 rings (SSSR count). The van der Waals surface area contributed by atoms with Gasteiger partial charge in [0, 0.05) is 38.2 Å². The Morgan fingerprint density at radius 2 is 1.71 bits per heavy atom. The number of carbonyl (C=O) groups excluding carboxylic acids is 2. The molecule has 2 fully saturated rings. The summed E-state index contributed by atoms with van der Waals surface area (Å²) < 4.78 is 0. The van der Waals surface area contributed by atoms with E-state index in [1.807, 2.05) is 34.9 Å². The molecule has 2 saturated heterocycles. The Hall–Kier alpha value is -1.49. The molecule has 4 nitrogen and oxygen atoms in total. The van der Waals surface area contributed by atoms with Gasteiger partial charge in [-0.25, -0.2) is 0 Å². The summed E-state index contributed by atoms with van der Waals surface area (Å²) in [5, 5.41) is 0. The van der Waals surface area contributed by atoms with Gasteiger partial charge in [0.05, 0.1) is 4.87 Å². The largest absolute Gasteiger partial charge is 0.342 e. The molecule has 5 heteroatoms. The minimum absolute atomic E-state index is 0.0766. The molecule has 2 amide bonds. The number of rotatable bonds is 8. The van der Waals surface area contributed by atoms with Gasteiger partial charge in [0.1, 0.15) is 0 Å². The number of nitrogens with zero attached hydrogens (tertiary/aromatic N) is 2. The van der Waals surface area contributed by atoms with Crippen molar-refractivity contribution >= 4 is 23.6 Å². The molecule has 0 aliphatic carbocycles. The molecule has 0 unspecified atom stereocenters. The minimum Gasteiger partial charge on any atom is -0.342 e. The Kier molecular flexibility index (Phi) is 7.83. The molecule has 0 atom stereocenters. The maximum absolute atomic E-state index is 12.9. The topological polar surface area (TPSA) is 40.6 Å². The highest BCUT2D eigenvalue weighted by Crippen LogP contribution is 2.44. The first-order valence-corrected chi connectivity index (χ1v) is 11.9. The van der Waals surface area contributed by atoms with Crippen LogP contribution in [-0.2, 0) is 16.0 Å². The number of piperidine rings is 1. The molecule has 2 heterocycles. The van der Waals surface area contributed by atoms with Crippen LogP contribution in [0.15, 0.2) is 30.3 Å². The zero-order valence-corrected chi connectivity index (χ0v) is 18.0. The van der Waals surface area contributed by atoms with Gasteiger partial charge in [-0.05, 0) is 31.2 Å². The maximum Gasteiger partial charge on any atom is 0.224 e. The Labute approximate surface area is 174 Å². The number of hydrogen-bond acceptors (Lipinski definition) is 3. The third-order valence-electron chi connectivity index (χ3n) is 6.09. The van der Waals surface area contributed by atoms with Crippen LogP contribution in [0.4, 0.5) is 0 Å². The number of amides is 2. The number of unbranched alkanes of at least 4 members (excludes halogenated alkanes) is 3. The van der Waals surface area contributed by atoms with Crippen molar-refractivity contribution in [1.82, 2.24) is 9.80 Å². The van der Waals surface area contributed by atoms with E-state index in [1.54, 1.807) is 0 Å². The van der Waals surface area contributed by atoms with Gasteiger partial charge in [-0.2, -0.15) is 0 Å². The molecular weight excluding hydrogens is 368 g/mol. The van der Waals surface area contributed by atoms with Crippen LogP contribution in [0.3, 0.4) is 0 Å². The summed E-state index contributed by atoms with van der Waals surface area (Å²) in [4.78, 5) is 29.5. The molecule has 0 aromatic heterocycles. The van der Waals surface area contributed by atoms with Crippen LogP contribution in [0.1, 0.15) is 63.9 Å². The fourth-order valence-corrected chi connectivity index (χ4v) is 5.85. The highest BCUT2D eigenvalue weighted by Gasteiger charge is 2.46. The van der Waals surface area contributed by atoms with E-state index in [0.29, 0.717) is 18.7 Å². The Bertz CT molecular complexity index is 641. The second kappa shape index (κ2) is 10.3. The average molecular weight is 403 g/mol. The monoisotopic (exact) mass is 402 g/mol. The van der Waals surface area contributed by atoms with Crippen molar-refractivity contribution in [2.75, 3.05) is 25.4 Å². The lowest BCUT2D eigenvalue weighted by atomic mass is 10.00. The van der Waals surface area contributed by atoms with Crippen molar-refractivity contribution in [3.05, 3.63) is 35.9 Å². The molecule has 0 saturated carbocycles. The molecule has 2 aliphatic rings. The van der Waals surface area contributed by atoms with Crippen LogP contribution in [-0.4, -0.2) is 51.9 Å². The van der Waals surface area contributed by atoms with Crippen LogP contribution in [0, 0.1) is 0 Å². The number of benzene rings is 1. The molecule has 1 aromatic carbocycles. The quantitative estimate of drug-likeness (QED) is 0.602. The standard InChI is InChI=1S/C23H34N2O2S/c1-2-3-4-8-11-21(26)24-16-14-23(15-17-24)25(18-19-28-23)22(27)13-12-20-9-6-5-7-10-20/h5-7,9-10H,2-4,8,11-19H2,1H3. The number of aryl methyl sites for hydroxylation is 1. The van der Waals surface area contributed by atoms with Crippen LogP contribution >= 0.6 is 11.8 Å². The van der Waals surface area contributed by atoms with Gasteiger partial charge >= 0.3 is 0 Å². The molecule has 0 N–H and O–H groups in total. The van der Waals surface area contributed by atoms with E-state index in [9.17, 15) is 9.59 Å². The van der Waals surface area contributed by atoms with Crippen LogP contribution in [0.25, 0.3) is 0 Å². The molecule has 0 bridgehead atoms. The zero-order valence-electron chi connectivity index (χ0n) is 17.2. The second-order valence-electron chi connectivity index (χ2n) is 8.02. The minimum atomic E-state index is -0.0766. The summed E-state index contributed by atoms with van der Waals surface area (Å²) >= 11 is 1.93. The van der Waals surface area contributed by atoms with E-state index < -0.39 is 0 Å². The third kappa shape index (κ3) is 5.31. The summed E-state index contributed by atoms with van der Waals surface area (Å²) in [7, 11) is 0. The van der Waals surface area contributed by atoms with Crippen molar-refractivity contribution in [2.45, 2.75) is 69.6 Å². The molecule has 0 radical (unpaired) electrons. The number of thioether (sulfide) groups is 1. The van der Waals surface area contributed by atoms with Crippen molar-refractivity contribution < 1.29 is 9.59 Å². The summed E-state index contributed by atoms with van der Waals surface area (Å²) in [5.74, 6) is 1.59. The van der Waals surface area contributed by atoms with E-state index >= 15 is 0 Å². The van der Waals surface area contributed by atoms with Gasteiger partial charge < -0.3 is 9.80 Å². The van der Waals surface area contributed by atoms with Crippen LogP contribution < -0.4 is 0 Å². The molecule has 28 heavy (non-hydrogen) atoms. The Morgan fingerprint density at radius 1 is 0.964 bits per heavy atom. The predicted octanol–water partition coefficient (Wildman–Crippen LogP) is 4.48. The van der Waals surface area contributed by atoms with Gasteiger partial charge in [0.15, 0.2) is 0 Å². The van der Waals surface area contributed by atoms with Crippen LogP contribution in [0.5, 0.6) is 0 Å². The van der Waals surface area contributed by atoms with Crippen molar-refractivity contribution in [3.8, 4) is 0 Å². The molecule has 2 aliphatic heterocycles. The van der Waals surface area contributed by atoms with Gasteiger partial charge in [-0.1, -0.05) is 56.5 Å². The van der Waals surface area contributed by atoms with Crippen molar-refractivity contribution in [3.63, 3.8) is 0 Å². The highest BCUT2D eigenvalue weighted by molar-refractivity contribution is 8.00. The van der Waals surface area contributed by atoms with E-state index in [0.717, 1.165) is 57.5 Å². The third-order valence-corrected chi connectivity index (χ3v) is 7.64. The number of carbonyl (C=O) groups is 2. The Balaban J connectivity index is 1.48. The zero-order chi connectivity index (χ0) is 19.8. The predicted molar refractivity (Wildman–Crippen MR) is 116 cm³/mol. The first-order chi connectivity index (χ1) is 13.6. The SMILES string of the molecule is CCCCCCC(=O)N1CCC2(CC1)SCCN2C(=O)CCc1ccccc1. The van der Waals surface area contributed by atoms with Crippen LogP contribution in [0.2, 0.25) is 0 Å². The molecule has 1 aromatic rings. The average Bonchev–Trinajstić information content (AvgIpc) is 3.13. The number of hydrogen-bond donors (Lipinski definition) is 0. The van der Waals surface area contributed by atoms with Gasteiger partial charge in [0.2, 0.25) is 11.8 Å². The molecule has 1 spiro atoms. The van der Waals surface area contributed by atoms with E-state index in [1.165, 1.54) is 18.4 Å². The highest BCUT2D eigenvalue weighted by atomic mass is 32.2. The Morgan fingerprint density at radius 3 is 2.43 bits per heavy atom. The summed E-state index contributed by atoms with van der Waals surface area (Å²) in [5.41, 5.74) is 1.22. The smallest absolute Gasteiger partial charge is 0.224 e. The molecule has 154 valence electrons. The van der Waals surface area contributed by atoms with Crippen molar-refractivity contribution in [2.24, 2.45) is 0 Å². The summed E-state index contributed by atoms with van der Waals surface area (Å²) in [6.45, 7) is 4.63.